The molecule has 1 fully saturated rings. The number of methoxy groups -OCH3 is 1. The van der Waals surface area contributed by atoms with Crippen LogP contribution in [0.2, 0.25) is 0 Å². The van der Waals surface area contributed by atoms with Gasteiger partial charge in [-0.25, -0.2) is 0 Å². The number of ketones is 1. The van der Waals surface area contributed by atoms with Crippen molar-refractivity contribution in [2.24, 2.45) is 0 Å². The van der Waals surface area contributed by atoms with Gasteiger partial charge in [0, 0.05) is 11.3 Å². The van der Waals surface area contributed by atoms with Crippen LogP contribution in [0.5, 0.6) is 11.5 Å². The summed E-state index contributed by atoms with van der Waals surface area (Å²) in [6, 6.07) is 18.9. The normalized spacial score (nSPS) is 17.0. The van der Waals surface area contributed by atoms with Crippen molar-refractivity contribution in [3.05, 3.63) is 94.6 Å². The fraction of sp³-hybridized carbons (Fsp3) is 0.241. The van der Waals surface area contributed by atoms with Gasteiger partial charge >= 0.3 is 0 Å². The maximum atomic E-state index is 13.4. The number of aryl methyl sites for hydroxylation is 1. The largest absolute Gasteiger partial charge is 0.507 e. The minimum atomic E-state index is -0.828. The zero-order valence-corrected chi connectivity index (χ0v) is 20.4. The monoisotopic (exact) mass is 471 g/mol. The number of anilines is 1. The fourth-order valence-corrected chi connectivity index (χ4v) is 4.31. The molecule has 35 heavy (non-hydrogen) atoms. The number of hydrogen-bond acceptors (Lipinski definition) is 5. The molecule has 0 radical (unpaired) electrons. The molecule has 6 heteroatoms. The van der Waals surface area contributed by atoms with Crippen molar-refractivity contribution in [3.8, 4) is 11.5 Å². The number of carbonyl (C=O) groups excluding carboxylic acids is 2. The summed E-state index contributed by atoms with van der Waals surface area (Å²) in [7, 11) is 1.56. The summed E-state index contributed by atoms with van der Waals surface area (Å²) in [5.74, 6) is -0.505. The molecule has 3 aromatic rings. The highest BCUT2D eigenvalue weighted by atomic mass is 16.5. The first-order valence-electron chi connectivity index (χ1n) is 11.6. The van der Waals surface area contributed by atoms with Crippen LogP contribution in [0, 0.1) is 13.8 Å². The third-order valence-corrected chi connectivity index (χ3v) is 6.27. The Bertz CT molecular complexity index is 1310. The van der Waals surface area contributed by atoms with Crippen LogP contribution in [0.15, 0.2) is 72.3 Å². The van der Waals surface area contributed by atoms with E-state index in [0.29, 0.717) is 34.9 Å². The number of amides is 1. The summed E-state index contributed by atoms with van der Waals surface area (Å²) in [5.41, 5.74) is 3.59. The average Bonchev–Trinajstić information content (AvgIpc) is 3.14. The Kier molecular flexibility index (Phi) is 6.92. The van der Waals surface area contributed by atoms with Crippen LogP contribution in [0.4, 0.5) is 5.69 Å². The van der Waals surface area contributed by atoms with Crippen LogP contribution in [0.25, 0.3) is 5.76 Å². The zero-order valence-electron chi connectivity index (χ0n) is 20.4. The maximum Gasteiger partial charge on any atom is 0.300 e. The summed E-state index contributed by atoms with van der Waals surface area (Å²) < 4.78 is 11.1. The second-order valence-electron chi connectivity index (χ2n) is 8.54. The Hall–Kier alpha value is -4.06. The third kappa shape index (κ3) is 4.52. The van der Waals surface area contributed by atoms with Crippen molar-refractivity contribution in [3.63, 3.8) is 0 Å². The second kappa shape index (κ2) is 10.1. The van der Waals surface area contributed by atoms with Gasteiger partial charge < -0.3 is 14.6 Å². The van der Waals surface area contributed by atoms with Crippen molar-refractivity contribution in [2.45, 2.75) is 33.2 Å². The van der Waals surface area contributed by atoms with E-state index < -0.39 is 17.7 Å². The molecule has 0 aliphatic carbocycles. The molecule has 1 heterocycles. The average molecular weight is 472 g/mol. The van der Waals surface area contributed by atoms with Gasteiger partial charge in [0.05, 0.1) is 25.3 Å². The zero-order chi connectivity index (χ0) is 25.1. The number of nitrogens with zero attached hydrogens (tertiary/aromatic N) is 1. The Morgan fingerprint density at radius 2 is 1.69 bits per heavy atom. The Labute approximate surface area is 205 Å². The van der Waals surface area contributed by atoms with Crippen molar-refractivity contribution < 1.29 is 24.2 Å². The summed E-state index contributed by atoms with van der Waals surface area (Å²) >= 11 is 0. The number of aliphatic hydroxyl groups excluding tert-OH is 1. The van der Waals surface area contributed by atoms with Gasteiger partial charge in [0.15, 0.2) is 0 Å². The Morgan fingerprint density at radius 3 is 2.43 bits per heavy atom. The SMILES string of the molecule is CCCOc1cccc(/C(O)=C2\C(=O)C(=O)N(c3cccc(C)c3C)C2c2cccc(OC)c2)c1. The molecule has 3 aromatic carbocycles. The third-order valence-electron chi connectivity index (χ3n) is 6.27. The molecule has 0 saturated carbocycles. The van der Waals surface area contributed by atoms with E-state index in [-0.39, 0.29) is 11.3 Å². The lowest BCUT2D eigenvalue weighted by Crippen LogP contribution is -2.30. The van der Waals surface area contributed by atoms with Gasteiger partial charge in [0.25, 0.3) is 11.7 Å². The van der Waals surface area contributed by atoms with Crippen molar-refractivity contribution >= 4 is 23.1 Å². The van der Waals surface area contributed by atoms with Crippen LogP contribution in [-0.2, 0) is 9.59 Å². The summed E-state index contributed by atoms with van der Waals surface area (Å²) in [6.45, 7) is 6.41. The lowest BCUT2D eigenvalue weighted by Gasteiger charge is -2.27. The van der Waals surface area contributed by atoms with E-state index >= 15 is 0 Å². The molecule has 0 aromatic heterocycles. The van der Waals surface area contributed by atoms with E-state index in [1.54, 1.807) is 49.6 Å². The molecule has 1 amide bonds. The smallest absolute Gasteiger partial charge is 0.300 e. The van der Waals surface area contributed by atoms with Gasteiger partial charge in [0.1, 0.15) is 17.3 Å². The predicted octanol–water partition coefficient (Wildman–Crippen LogP) is 5.73. The topological polar surface area (TPSA) is 76.1 Å². The molecule has 0 spiro atoms. The number of benzene rings is 3. The van der Waals surface area contributed by atoms with E-state index in [0.717, 1.165) is 17.5 Å². The first-order chi connectivity index (χ1) is 16.9. The van der Waals surface area contributed by atoms with Gasteiger partial charge in [-0.1, -0.05) is 43.3 Å². The molecule has 1 aliphatic rings. The molecular weight excluding hydrogens is 442 g/mol. The van der Waals surface area contributed by atoms with Gasteiger partial charge in [-0.2, -0.15) is 0 Å². The number of rotatable bonds is 7. The second-order valence-corrected chi connectivity index (χ2v) is 8.54. The van der Waals surface area contributed by atoms with E-state index in [2.05, 4.69) is 0 Å². The molecule has 1 aliphatic heterocycles. The highest BCUT2D eigenvalue weighted by Crippen LogP contribution is 2.44. The molecule has 1 N–H and O–H groups in total. The Morgan fingerprint density at radius 1 is 0.971 bits per heavy atom. The molecular formula is C29H29NO5. The number of carbonyl (C=O) groups is 2. The van der Waals surface area contributed by atoms with Gasteiger partial charge in [-0.05, 0) is 67.3 Å². The maximum absolute atomic E-state index is 13.4. The number of Topliss-reactive ketones (excluding diaryl/α,β-unsaturated/α-hetero) is 1. The Balaban J connectivity index is 1.94. The molecule has 180 valence electrons. The van der Waals surface area contributed by atoms with Crippen LogP contribution in [0.3, 0.4) is 0 Å². The van der Waals surface area contributed by atoms with Crippen molar-refractivity contribution in [1.29, 1.82) is 0 Å². The highest BCUT2D eigenvalue weighted by Gasteiger charge is 2.47. The van der Waals surface area contributed by atoms with Crippen molar-refractivity contribution in [2.75, 3.05) is 18.6 Å². The van der Waals surface area contributed by atoms with E-state index in [1.165, 1.54) is 4.90 Å². The molecule has 1 atom stereocenters. The van der Waals surface area contributed by atoms with Crippen LogP contribution >= 0.6 is 0 Å². The first kappa shape index (κ1) is 24.1. The number of ether oxygens (including phenoxy) is 2. The quantitative estimate of drug-likeness (QED) is 0.271. The summed E-state index contributed by atoms with van der Waals surface area (Å²) in [4.78, 5) is 28.3. The van der Waals surface area contributed by atoms with E-state index in [1.807, 2.05) is 45.0 Å². The van der Waals surface area contributed by atoms with Gasteiger partial charge in [0.2, 0.25) is 0 Å². The summed E-state index contributed by atoms with van der Waals surface area (Å²) in [6.07, 6.45) is 0.840. The fourth-order valence-electron chi connectivity index (χ4n) is 4.31. The van der Waals surface area contributed by atoms with E-state index in [9.17, 15) is 14.7 Å². The minimum absolute atomic E-state index is 0.0248. The molecule has 4 rings (SSSR count). The van der Waals surface area contributed by atoms with E-state index in [4.69, 9.17) is 9.47 Å². The predicted molar refractivity (Wildman–Crippen MR) is 136 cm³/mol. The van der Waals surface area contributed by atoms with Gasteiger partial charge in [-0.3, -0.25) is 14.5 Å². The lowest BCUT2D eigenvalue weighted by atomic mass is 9.94. The number of hydrogen-bond donors (Lipinski definition) is 1. The standard InChI is InChI=1S/C29H29NO5/c1-5-15-35-23-13-8-11-21(17-23)27(31)25-26(20-10-7-12-22(16-20)34-4)30(29(33)28(25)32)24-14-6-9-18(2)19(24)3/h6-14,16-17,26,31H,5,15H2,1-4H3/b27-25+. The van der Waals surface area contributed by atoms with Crippen LogP contribution in [0.1, 0.15) is 41.6 Å². The summed E-state index contributed by atoms with van der Waals surface area (Å²) in [5, 5.41) is 11.4. The molecule has 1 saturated heterocycles. The van der Waals surface area contributed by atoms with Crippen molar-refractivity contribution in [1.82, 2.24) is 0 Å². The lowest BCUT2D eigenvalue weighted by molar-refractivity contribution is -0.132. The van der Waals surface area contributed by atoms with Crippen LogP contribution < -0.4 is 14.4 Å². The highest BCUT2D eigenvalue weighted by molar-refractivity contribution is 6.51. The van der Waals surface area contributed by atoms with Crippen LogP contribution in [-0.4, -0.2) is 30.5 Å². The minimum Gasteiger partial charge on any atom is -0.507 e. The molecule has 0 bridgehead atoms. The first-order valence-corrected chi connectivity index (χ1v) is 11.6. The molecule has 1 unspecified atom stereocenters. The molecule has 6 nitrogen and oxygen atoms in total. The number of aliphatic hydroxyl groups is 1. The van der Waals surface area contributed by atoms with Gasteiger partial charge in [-0.15, -0.1) is 0 Å².